The van der Waals surface area contributed by atoms with Crippen molar-refractivity contribution >= 4 is 23.4 Å². The van der Waals surface area contributed by atoms with E-state index in [1.165, 1.54) is 11.8 Å². The molecule has 0 atom stereocenters. The van der Waals surface area contributed by atoms with Crippen LogP contribution in [0.15, 0.2) is 64.9 Å². The Hall–Kier alpha value is -3.31. The predicted molar refractivity (Wildman–Crippen MR) is 96.8 cm³/mol. The average molecular weight is 365 g/mol. The second kappa shape index (κ2) is 8.18. The molecule has 0 aliphatic heterocycles. The highest BCUT2D eigenvalue weighted by Crippen LogP contribution is 2.26. The summed E-state index contributed by atoms with van der Waals surface area (Å²) in [6.45, 7) is -0.110. The van der Waals surface area contributed by atoms with E-state index in [1.807, 2.05) is 41.9 Å². The van der Waals surface area contributed by atoms with Gasteiger partial charge in [-0.1, -0.05) is 0 Å². The fraction of sp³-hybridized carbons (Fsp3) is 0.111. The van der Waals surface area contributed by atoms with E-state index < -0.39 is 0 Å². The first kappa shape index (κ1) is 17.5. The van der Waals surface area contributed by atoms with Crippen molar-refractivity contribution < 1.29 is 9.53 Å². The highest BCUT2D eigenvalue weighted by atomic mass is 32.2. The van der Waals surface area contributed by atoms with Crippen molar-refractivity contribution in [2.45, 2.75) is 10.1 Å². The molecule has 0 radical (unpaired) electrons. The highest BCUT2D eigenvalue weighted by Gasteiger charge is 2.06. The molecule has 1 amide bonds. The van der Waals surface area contributed by atoms with Crippen molar-refractivity contribution in [3.05, 3.63) is 60.4 Å². The summed E-state index contributed by atoms with van der Waals surface area (Å²) in [5.74, 6) is 0.276. The van der Waals surface area contributed by atoms with Crippen LogP contribution in [-0.4, -0.2) is 27.3 Å². The number of nitrogens with zero attached hydrogens (tertiary/aromatic N) is 4. The van der Waals surface area contributed by atoms with Gasteiger partial charge in [0.15, 0.2) is 11.8 Å². The maximum Gasteiger partial charge on any atom is 0.262 e. The quantitative estimate of drug-likeness (QED) is 0.722. The Morgan fingerprint density at radius 2 is 1.96 bits per heavy atom. The summed E-state index contributed by atoms with van der Waals surface area (Å²) in [7, 11) is 1.88. The van der Waals surface area contributed by atoms with Crippen molar-refractivity contribution in [1.29, 1.82) is 5.26 Å². The van der Waals surface area contributed by atoms with Crippen LogP contribution in [0.4, 0.5) is 5.69 Å². The lowest BCUT2D eigenvalue weighted by atomic mass is 10.2. The lowest BCUT2D eigenvalue weighted by Crippen LogP contribution is -2.20. The first-order valence-electron chi connectivity index (χ1n) is 7.69. The van der Waals surface area contributed by atoms with Crippen LogP contribution in [0, 0.1) is 11.3 Å². The van der Waals surface area contributed by atoms with Gasteiger partial charge in [0.25, 0.3) is 5.91 Å². The number of aromatic nitrogens is 3. The largest absolute Gasteiger partial charge is 0.484 e. The fourth-order valence-corrected chi connectivity index (χ4v) is 2.81. The summed E-state index contributed by atoms with van der Waals surface area (Å²) in [5.41, 5.74) is 1.22. The molecule has 3 aromatic rings. The molecule has 2 aromatic carbocycles. The Morgan fingerprint density at radius 1 is 1.23 bits per heavy atom. The first-order chi connectivity index (χ1) is 12.6. The van der Waals surface area contributed by atoms with Gasteiger partial charge in [-0.2, -0.15) is 5.26 Å². The molecular weight excluding hydrogens is 350 g/mol. The van der Waals surface area contributed by atoms with E-state index in [0.29, 0.717) is 17.0 Å². The number of rotatable bonds is 6. The molecule has 0 spiro atoms. The van der Waals surface area contributed by atoms with Gasteiger partial charge in [-0.05, 0) is 60.3 Å². The topological polar surface area (TPSA) is 92.8 Å². The summed E-state index contributed by atoms with van der Waals surface area (Å²) in [4.78, 5) is 13.0. The van der Waals surface area contributed by atoms with E-state index in [-0.39, 0.29) is 12.5 Å². The fourth-order valence-electron chi connectivity index (χ4n) is 2.05. The molecule has 3 rings (SSSR count). The Morgan fingerprint density at radius 3 is 2.58 bits per heavy atom. The number of amides is 1. The Bertz CT molecular complexity index is 929. The molecule has 0 aliphatic carbocycles. The molecule has 1 aromatic heterocycles. The minimum Gasteiger partial charge on any atom is -0.484 e. The van der Waals surface area contributed by atoms with E-state index in [0.717, 1.165) is 10.1 Å². The van der Waals surface area contributed by atoms with Gasteiger partial charge in [-0.3, -0.25) is 4.79 Å². The van der Waals surface area contributed by atoms with Gasteiger partial charge in [0.05, 0.1) is 11.6 Å². The lowest BCUT2D eigenvalue weighted by molar-refractivity contribution is -0.118. The van der Waals surface area contributed by atoms with E-state index in [4.69, 9.17) is 10.00 Å². The highest BCUT2D eigenvalue weighted by molar-refractivity contribution is 7.99. The number of benzene rings is 2. The number of ether oxygens (including phenoxy) is 1. The number of nitrogens with one attached hydrogen (secondary N) is 1. The van der Waals surface area contributed by atoms with Crippen molar-refractivity contribution in [3.63, 3.8) is 0 Å². The van der Waals surface area contributed by atoms with Crippen LogP contribution in [0.25, 0.3) is 0 Å². The maximum atomic E-state index is 12.0. The smallest absolute Gasteiger partial charge is 0.262 e. The number of carbonyl (C=O) groups excluding carboxylic acids is 1. The normalized spacial score (nSPS) is 10.2. The minimum atomic E-state index is -0.261. The zero-order chi connectivity index (χ0) is 18.4. The van der Waals surface area contributed by atoms with Crippen LogP contribution < -0.4 is 10.1 Å². The SMILES string of the molecule is Cn1cnnc1Sc1ccc(NC(=O)COc2ccc(C#N)cc2)cc1. The van der Waals surface area contributed by atoms with Crippen LogP contribution in [0.1, 0.15) is 5.56 Å². The van der Waals surface area contributed by atoms with Gasteiger partial charge in [0, 0.05) is 17.6 Å². The summed E-state index contributed by atoms with van der Waals surface area (Å²) in [6, 6.07) is 16.1. The second-order valence-corrected chi connectivity index (χ2v) is 6.36. The maximum absolute atomic E-state index is 12.0. The Kier molecular flexibility index (Phi) is 5.51. The molecule has 8 heteroatoms. The van der Waals surface area contributed by atoms with Gasteiger partial charge in [0.1, 0.15) is 12.1 Å². The molecule has 7 nitrogen and oxygen atoms in total. The monoisotopic (exact) mass is 365 g/mol. The molecule has 1 heterocycles. The van der Waals surface area contributed by atoms with Gasteiger partial charge in [-0.25, -0.2) is 0 Å². The number of hydrogen-bond acceptors (Lipinski definition) is 6. The summed E-state index contributed by atoms with van der Waals surface area (Å²) >= 11 is 1.49. The molecule has 26 heavy (non-hydrogen) atoms. The minimum absolute atomic E-state index is 0.110. The van der Waals surface area contributed by atoms with Crippen molar-refractivity contribution in [2.24, 2.45) is 7.05 Å². The molecule has 0 aliphatic rings. The molecule has 0 saturated carbocycles. The second-order valence-electron chi connectivity index (χ2n) is 5.32. The Labute approximate surface area is 154 Å². The van der Waals surface area contributed by atoms with Gasteiger partial charge < -0.3 is 14.6 Å². The third-order valence-electron chi connectivity index (χ3n) is 3.37. The molecule has 130 valence electrons. The molecular formula is C18H15N5O2S. The summed E-state index contributed by atoms with van der Waals surface area (Å²) < 4.78 is 7.24. The number of anilines is 1. The third kappa shape index (κ3) is 4.62. The number of aryl methyl sites for hydroxylation is 1. The Balaban J connectivity index is 1.51. The van der Waals surface area contributed by atoms with Crippen LogP contribution in [-0.2, 0) is 11.8 Å². The van der Waals surface area contributed by atoms with Crippen LogP contribution >= 0.6 is 11.8 Å². The first-order valence-corrected chi connectivity index (χ1v) is 8.50. The molecule has 1 N–H and O–H groups in total. The van der Waals surface area contributed by atoms with E-state index in [2.05, 4.69) is 15.5 Å². The summed E-state index contributed by atoms with van der Waals surface area (Å²) in [6.07, 6.45) is 1.64. The number of hydrogen-bond donors (Lipinski definition) is 1. The molecule has 0 unspecified atom stereocenters. The summed E-state index contributed by atoms with van der Waals surface area (Å²) in [5, 5.41) is 20.2. The number of carbonyl (C=O) groups is 1. The van der Waals surface area contributed by atoms with Crippen LogP contribution in [0.3, 0.4) is 0 Å². The van der Waals surface area contributed by atoms with Crippen molar-refractivity contribution in [1.82, 2.24) is 14.8 Å². The average Bonchev–Trinajstić information content (AvgIpc) is 3.07. The number of nitriles is 1. The van der Waals surface area contributed by atoms with Gasteiger partial charge >= 0.3 is 0 Å². The zero-order valence-corrected chi connectivity index (χ0v) is 14.7. The van der Waals surface area contributed by atoms with Crippen molar-refractivity contribution in [2.75, 3.05) is 11.9 Å². The molecule has 0 saturated heterocycles. The molecule has 0 bridgehead atoms. The third-order valence-corrected chi connectivity index (χ3v) is 4.43. The van der Waals surface area contributed by atoms with Crippen LogP contribution in [0.2, 0.25) is 0 Å². The lowest BCUT2D eigenvalue weighted by Gasteiger charge is -2.08. The van der Waals surface area contributed by atoms with E-state index >= 15 is 0 Å². The van der Waals surface area contributed by atoms with Gasteiger partial charge in [0.2, 0.25) is 0 Å². The van der Waals surface area contributed by atoms with Gasteiger partial charge in [-0.15, -0.1) is 10.2 Å². The van der Waals surface area contributed by atoms with Crippen molar-refractivity contribution in [3.8, 4) is 11.8 Å². The van der Waals surface area contributed by atoms with E-state index in [1.54, 1.807) is 30.6 Å². The van der Waals surface area contributed by atoms with Crippen LogP contribution in [0.5, 0.6) is 5.75 Å². The zero-order valence-electron chi connectivity index (χ0n) is 13.9. The molecule has 0 fully saturated rings. The van der Waals surface area contributed by atoms with E-state index in [9.17, 15) is 4.79 Å². The standard InChI is InChI=1S/C18H15N5O2S/c1-23-12-20-22-18(23)26-16-8-4-14(5-9-16)21-17(24)11-25-15-6-2-13(10-19)3-7-15/h2-9,12H,11H2,1H3,(H,21,24). The predicted octanol–water partition coefficient (Wildman–Crippen LogP) is 2.86.